The van der Waals surface area contributed by atoms with Crippen molar-refractivity contribution in [3.8, 4) is 11.4 Å². The molecule has 2 aromatic rings. The number of aromatic nitrogens is 2. The number of hydrogen-bond donors (Lipinski definition) is 3. The van der Waals surface area contributed by atoms with Crippen molar-refractivity contribution in [3.63, 3.8) is 0 Å². The van der Waals surface area contributed by atoms with Crippen LogP contribution in [0.1, 0.15) is 18.7 Å². The van der Waals surface area contributed by atoms with Gasteiger partial charge < -0.3 is 25.0 Å². The second-order valence-corrected chi connectivity index (χ2v) is 7.01. The number of hydrogen-bond acceptors (Lipinski definition) is 6. The molecular formula is C18H25ClIN5O3. The Bertz CT molecular complexity index is 763. The van der Waals surface area contributed by atoms with E-state index in [4.69, 9.17) is 20.9 Å². The monoisotopic (exact) mass is 521 g/mol. The van der Waals surface area contributed by atoms with Crippen LogP contribution in [0.4, 0.5) is 0 Å². The van der Waals surface area contributed by atoms with E-state index in [0.29, 0.717) is 48.8 Å². The summed E-state index contributed by atoms with van der Waals surface area (Å²) in [5.74, 6) is 1.60. The third-order valence-corrected chi connectivity index (χ3v) is 4.91. The molecule has 8 nitrogen and oxygen atoms in total. The lowest BCUT2D eigenvalue weighted by Gasteiger charge is -2.27. The largest absolute Gasteiger partial charge is 0.396 e. The Labute approximate surface area is 186 Å². The van der Waals surface area contributed by atoms with E-state index in [9.17, 15) is 5.11 Å². The van der Waals surface area contributed by atoms with E-state index in [1.54, 1.807) is 19.2 Å². The molecule has 3 N–H and O–H groups in total. The number of aliphatic hydroxyl groups excluding tert-OH is 1. The lowest BCUT2D eigenvalue weighted by Crippen LogP contribution is -2.44. The lowest BCUT2D eigenvalue weighted by atomic mass is 9.84. The second kappa shape index (κ2) is 10.9. The molecule has 0 spiro atoms. The van der Waals surface area contributed by atoms with Gasteiger partial charge in [-0.3, -0.25) is 4.99 Å². The van der Waals surface area contributed by atoms with Crippen molar-refractivity contribution in [1.29, 1.82) is 0 Å². The van der Waals surface area contributed by atoms with Gasteiger partial charge in [-0.2, -0.15) is 4.98 Å². The molecule has 28 heavy (non-hydrogen) atoms. The summed E-state index contributed by atoms with van der Waals surface area (Å²) in [4.78, 5) is 8.59. The molecule has 1 fully saturated rings. The summed E-state index contributed by atoms with van der Waals surface area (Å²) in [5, 5.41) is 20.4. The molecule has 0 amide bonds. The lowest BCUT2D eigenvalue weighted by molar-refractivity contribution is 0.127. The van der Waals surface area contributed by atoms with Gasteiger partial charge in [-0.05, 0) is 37.1 Å². The summed E-state index contributed by atoms with van der Waals surface area (Å²) in [6.45, 7) is 2.54. The highest BCUT2D eigenvalue weighted by atomic mass is 127. The fourth-order valence-corrected chi connectivity index (χ4v) is 3.13. The van der Waals surface area contributed by atoms with Gasteiger partial charge in [-0.25, -0.2) is 0 Å². The van der Waals surface area contributed by atoms with Gasteiger partial charge in [0.15, 0.2) is 5.96 Å². The van der Waals surface area contributed by atoms with E-state index in [1.807, 2.05) is 12.1 Å². The van der Waals surface area contributed by atoms with Crippen LogP contribution >= 0.6 is 35.6 Å². The predicted octanol–water partition coefficient (Wildman–Crippen LogP) is 2.46. The molecule has 1 unspecified atom stereocenters. The number of benzene rings is 1. The number of nitrogens with zero attached hydrogens (tertiary/aromatic N) is 3. The summed E-state index contributed by atoms with van der Waals surface area (Å²) >= 11 is 5.90. The number of guanidine groups is 1. The van der Waals surface area contributed by atoms with E-state index >= 15 is 0 Å². The molecule has 10 heteroatoms. The van der Waals surface area contributed by atoms with Crippen molar-refractivity contribution in [3.05, 3.63) is 35.2 Å². The first-order valence-electron chi connectivity index (χ1n) is 8.86. The van der Waals surface area contributed by atoms with Crippen LogP contribution in [-0.4, -0.2) is 54.6 Å². The minimum Gasteiger partial charge on any atom is -0.396 e. The van der Waals surface area contributed by atoms with Crippen LogP contribution in [-0.2, 0) is 11.3 Å². The maximum absolute atomic E-state index is 9.31. The second-order valence-electron chi connectivity index (χ2n) is 6.57. The van der Waals surface area contributed by atoms with Crippen LogP contribution < -0.4 is 10.6 Å². The maximum atomic E-state index is 9.31. The third-order valence-electron chi connectivity index (χ3n) is 4.66. The quantitative estimate of drug-likeness (QED) is 0.292. The molecule has 1 aliphatic heterocycles. The van der Waals surface area contributed by atoms with Crippen molar-refractivity contribution in [1.82, 2.24) is 20.8 Å². The smallest absolute Gasteiger partial charge is 0.246 e. The Hall–Kier alpha value is -1.43. The van der Waals surface area contributed by atoms with Gasteiger partial charge in [0.25, 0.3) is 0 Å². The minimum atomic E-state index is -0.0569. The zero-order chi connectivity index (χ0) is 19.1. The Morgan fingerprint density at radius 2 is 2.11 bits per heavy atom. The van der Waals surface area contributed by atoms with Crippen molar-refractivity contribution >= 4 is 41.5 Å². The molecule has 0 bridgehead atoms. The first kappa shape index (κ1) is 22.9. The fraction of sp³-hybridized carbons (Fsp3) is 0.500. The van der Waals surface area contributed by atoms with Crippen LogP contribution in [0.3, 0.4) is 0 Å². The Kier molecular flexibility index (Phi) is 8.93. The Balaban J connectivity index is 0.00000280. The standard InChI is InChI=1S/C18H24ClN5O3.HI/c1-20-17(22-11-18(6-8-25)7-9-26-12-18)21-10-15-23-16(24-27-15)13-2-4-14(19)5-3-13;/h2-5,25H,6-12H2,1H3,(H2,20,21,22);1H. The zero-order valence-electron chi connectivity index (χ0n) is 15.7. The van der Waals surface area contributed by atoms with Gasteiger partial charge in [-0.1, -0.05) is 16.8 Å². The first-order valence-corrected chi connectivity index (χ1v) is 9.24. The van der Waals surface area contributed by atoms with Crippen molar-refractivity contribution < 1.29 is 14.4 Å². The number of nitrogens with one attached hydrogen (secondary N) is 2. The molecule has 1 aromatic carbocycles. The molecule has 0 aliphatic carbocycles. The topological polar surface area (TPSA) is 105 Å². The highest BCUT2D eigenvalue weighted by Crippen LogP contribution is 2.31. The SMILES string of the molecule is CN=C(NCc1nc(-c2ccc(Cl)cc2)no1)NCC1(CCO)CCOC1.I. The highest BCUT2D eigenvalue weighted by Gasteiger charge is 2.34. The molecule has 3 rings (SSSR count). The van der Waals surface area contributed by atoms with Gasteiger partial charge in [0, 0.05) is 42.8 Å². The van der Waals surface area contributed by atoms with Gasteiger partial charge in [0.1, 0.15) is 0 Å². The molecule has 0 saturated carbocycles. The van der Waals surface area contributed by atoms with Crippen LogP contribution in [0.5, 0.6) is 0 Å². The number of rotatable bonds is 7. The summed E-state index contributed by atoms with van der Waals surface area (Å²) < 4.78 is 10.8. The first-order chi connectivity index (χ1) is 13.1. The van der Waals surface area contributed by atoms with Gasteiger partial charge in [0.2, 0.25) is 11.7 Å². The van der Waals surface area contributed by atoms with Crippen LogP contribution in [0.25, 0.3) is 11.4 Å². The summed E-state index contributed by atoms with van der Waals surface area (Å²) in [7, 11) is 1.70. The molecular weight excluding hydrogens is 497 g/mol. The minimum absolute atomic E-state index is 0. The Morgan fingerprint density at radius 1 is 1.32 bits per heavy atom. The summed E-state index contributed by atoms with van der Waals surface area (Å²) in [5.41, 5.74) is 0.780. The van der Waals surface area contributed by atoms with Crippen LogP contribution in [0, 0.1) is 5.41 Å². The summed E-state index contributed by atoms with van der Waals surface area (Å²) in [6, 6.07) is 7.25. The van der Waals surface area contributed by atoms with Gasteiger partial charge in [-0.15, -0.1) is 24.0 Å². The summed E-state index contributed by atoms with van der Waals surface area (Å²) in [6.07, 6.45) is 1.62. The molecule has 1 atom stereocenters. The van der Waals surface area contributed by atoms with Gasteiger partial charge in [0.05, 0.1) is 13.2 Å². The number of aliphatic hydroxyl groups is 1. The zero-order valence-corrected chi connectivity index (χ0v) is 18.7. The highest BCUT2D eigenvalue weighted by molar-refractivity contribution is 14.0. The van der Waals surface area contributed by atoms with E-state index in [0.717, 1.165) is 18.6 Å². The number of ether oxygens (including phenoxy) is 1. The maximum Gasteiger partial charge on any atom is 0.246 e. The van der Waals surface area contributed by atoms with Crippen LogP contribution in [0.15, 0.2) is 33.8 Å². The average Bonchev–Trinajstić information content (AvgIpc) is 3.33. The van der Waals surface area contributed by atoms with Crippen LogP contribution in [0.2, 0.25) is 5.02 Å². The third kappa shape index (κ3) is 6.03. The van der Waals surface area contributed by atoms with Gasteiger partial charge >= 0.3 is 0 Å². The normalized spacial score (nSPS) is 19.3. The Morgan fingerprint density at radius 3 is 2.75 bits per heavy atom. The van der Waals surface area contributed by atoms with E-state index < -0.39 is 0 Å². The average molecular weight is 522 g/mol. The molecule has 1 saturated heterocycles. The number of aliphatic imine (C=N–C) groups is 1. The van der Waals surface area contributed by atoms with Crippen molar-refractivity contribution in [2.75, 3.05) is 33.4 Å². The molecule has 1 aromatic heterocycles. The molecule has 1 aliphatic rings. The molecule has 154 valence electrons. The van der Waals surface area contributed by atoms with E-state index in [1.165, 1.54) is 0 Å². The van der Waals surface area contributed by atoms with Crippen molar-refractivity contribution in [2.24, 2.45) is 10.4 Å². The predicted molar refractivity (Wildman–Crippen MR) is 118 cm³/mol. The van der Waals surface area contributed by atoms with E-state index in [-0.39, 0.29) is 36.0 Å². The molecule has 0 radical (unpaired) electrons. The van der Waals surface area contributed by atoms with E-state index in [2.05, 4.69) is 25.8 Å². The molecule has 2 heterocycles. The van der Waals surface area contributed by atoms with Crippen molar-refractivity contribution in [2.45, 2.75) is 19.4 Å². The fourth-order valence-electron chi connectivity index (χ4n) is 3.01. The number of halogens is 2.